The molecule has 15 nitrogen and oxygen atoms in total. The Morgan fingerprint density at radius 2 is 1.01 bits per heavy atom. The van der Waals surface area contributed by atoms with E-state index in [-0.39, 0.29) is 56.2 Å². The van der Waals surface area contributed by atoms with Crippen molar-refractivity contribution in [2.75, 3.05) is 33.4 Å². The molecule has 0 unspecified atom stereocenters. The molecule has 1 N–H and O–H groups in total. The predicted octanol–water partition coefficient (Wildman–Crippen LogP) is 19.0. The van der Waals surface area contributed by atoms with Gasteiger partial charge in [-0.3, -0.25) is 14.1 Å². The van der Waals surface area contributed by atoms with Crippen molar-refractivity contribution in [2.24, 2.45) is 0 Å². The zero-order valence-corrected chi connectivity index (χ0v) is 62.0. The van der Waals surface area contributed by atoms with E-state index >= 15 is 14.2 Å². The Bertz CT molecular complexity index is 2350. The number of hydrogen-bond donors (Lipinski definition) is 1. The van der Waals surface area contributed by atoms with Crippen molar-refractivity contribution in [3.05, 3.63) is 96.6 Å². The van der Waals surface area contributed by atoms with Crippen LogP contribution in [0.1, 0.15) is 181 Å². The first-order chi connectivity index (χ1) is 42.9. The van der Waals surface area contributed by atoms with E-state index in [2.05, 4.69) is 92.3 Å². The van der Waals surface area contributed by atoms with E-state index < -0.39 is 87.0 Å². The minimum Gasteiger partial charge on any atom is -0.457 e. The zero-order chi connectivity index (χ0) is 65.7. The summed E-state index contributed by atoms with van der Waals surface area (Å²) in [6.45, 7) is 30.2. The summed E-state index contributed by atoms with van der Waals surface area (Å²) in [4.78, 5) is 30.4. The van der Waals surface area contributed by atoms with Crippen LogP contribution in [-0.4, -0.2) is 113 Å². The van der Waals surface area contributed by atoms with Crippen LogP contribution < -0.4 is 14.4 Å². The van der Waals surface area contributed by atoms with E-state index in [4.69, 9.17) is 51.2 Å². The molecule has 4 rings (SSSR count). The highest BCUT2D eigenvalue weighted by Crippen LogP contribution is 2.53. The molecule has 0 saturated carbocycles. The number of para-hydroxylation sites is 2. The van der Waals surface area contributed by atoms with Crippen molar-refractivity contribution in [1.29, 1.82) is 0 Å². The molecule has 3 aromatic carbocycles. The highest BCUT2D eigenvalue weighted by molar-refractivity contribution is 7.49. The number of unbranched alkanes of at least 4 members (excludes halogenated alkanes) is 16. The van der Waals surface area contributed by atoms with E-state index in [1.165, 1.54) is 70.6 Å². The molecule has 7 atom stereocenters. The van der Waals surface area contributed by atoms with Gasteiger partial charge in [0.25, 0.3) is 0 Å². The van der Waals surface area contributed by atoms with Crippen LogP contribution in [-0.2, 0) is 62.9 Å². The Kier molecular flexibility index (Phi) is 37.8. The fourth-order valence-corrected chi connectivity index (χ4v) is 14.1. The molecular formula is C71H122NO14PSi3. The second kappa shape index (κ2) is 43.0. The van der Waals surface area contributed by atoms with E-state index in [0.29, 0.717) is 26.1 Å². The average Bonchev–Trinajstić information content (AvgIpc) is 1.86. The summed E-state index contributed by atoms with van der Waals surface area (Å²) in [7, 11) is -10.2. The van der Waals surface area contributed by atoms with Gasteiger partial charge in [-0.1, -0.05) is 256 Å². The normalized spacial score (nSPS) is 18.3. The molecule has 0 radical (unpaired) electrons. The molecule has 19 heteroatoms. The summed E-state index contributed by atoms with van der Waals surface area (Å²) in [6, 6.07) is 27.6. The standard InChI is InChI=1S/C71H122NO14PSi3/c1-14-16-18-20-22-24-26-28-35-47-62(79-57-76-49-51-88(6,7)8)53-65(73)72-67-69(83-66(74)54-63(80-58-77-50-52-89(9,10)11)48-36-29-27-25-23-21-19-17-15-2)68(86-87(75,84-60-43-37-31-38-44-60)85-61-45-39-32-40-46-61)64(56-81-90(12,13)71(3,4)5)82-70(67)78-55-59-41-33-30-34-42-59/h30-34,37-46,62-64,67-70H,14-29,35-36,47-58H2,1-13H3,(H,72,73)/t62-,63-,64-,67-,68-,69-,70-/m1/s1. The Balaban J connectivity index is 1.84. The van der Waals surface area contributed by atoms with Gasteiger partial charge in [-0.2, -0.15) is 0 Å². The maximum atomic E-state index is 15.9. The molecule has 0 spiro atoms. The number of carbonyl (C=O) groups excluding carboxylic acids is 2. The summed E-state index contributed by atoms with van der Waals surface area (Å²) in [5.74, 6) is -0.623. The Labute approximate surface area is 548 Å². The Hall–Kier alpha value is -3.24. The number of ether oxygens (including phenoxy) is 7. The first-order valence-electron chi connectivity index (χ1n) is 34.5. The topological polar surface area (TPSA) is 165 Å². The SMILES string of the molecule is CCCCCCCCCCC[C@H](CC(=O)N[C@H]1[C@H](OCc2ccccc2)O[C@H](CO[Si](C)(C)C(C)(C)C)[C@@H](OP(=O)(Oc2ccccc2)Oc2ccccc2)[C@@H]1OC(=O)C[C@@H](CCCCCCCCCCC)OCOCC[Si](C)(C)C)OCOCC[Si](C)(C)C. The van der Waals surface area contributed by atoms with Crippen LogP contribution in [0.2, 0.25) is 69.5 Å². The molecule has 90 heavy (non-hydrogen) atoms. The van der Waals surface area contributed by atoms with Crippen LogP contribution in [0.15, 0.2) is 91.0 Å². The van der Waals surface area contributed by atoms with Gasteiger partial charge >= 0.3 is 13.8 Å². The summed E-state index contributed by atoms with van der Waals surface area (Å²) >= 11 is 0. The van der Waals surface area contributed by atoms with Gasteiger partial charge in [0.15, 0.2) is 20.7 Å². The van der Waals surface area contributed by atoms with Crippen LogP contribution in [0.4, 0.5) is 0 Å². The van der Waals surface area contributed by atoms with Crippen LogP contribution in [0.5, 0.6) is 11.5 Å². The van der Waals surface area contributed by atoms with Gasteiger partial charge in [0.05, 0.1) is 38.3 Å². The van der Waals surface area contributed by atoms with E-state index in [9.17, 15) is 0 Å². The van der Waals surface area contributed by atoms with Crippen molar-refractivity contribution < 1.29 is 65.3 Å². The van der Waals surface area contributed by atoms with Crippen molar-refractivity contribution in [2.45, 2.75) is 295 Å². The third-order valence-electron chi connectivity index (χ3n) is 16.9. The number of phosphoric ester groups is 1. The molecule has 0 aliphatic carbocycles. The predicted molar refractivity (Wildman–Crippen MR) is 372 cm³/mol. The van der Waals surface area contributed by atoms with Crippen molar-refractivity contribution in [3.8, 4) is 11.5 Å². The number of nitrogens with one attached hydrogen (secondary N) is 1. The highest BCUT2D eigenvalue weighted by atomic mass is 31.2. The molecular weight excluding hydrogens is 1210 g/mol. The Morgan fingerprint density at radius 3 is 1.46 bits per heavy atom. The monoisotopic (exact) mass is 1330 g/mol. The van der Waals surface area contributed by atoms with Gasteiger partial charge in [-0.05, 0) is 72.9 Å². The lowest BCUT2D eigenvalue weighted by molar-refractivity contribution is -0.273. The van der Waals surface area contributed by atoms with Crippen LogP contribution >= 0.6 is 7.82 Å². The molecule has 1 aliphatic heterocycles. The Morgan fingerprint density at radius 1 is 0.578 bits per heavy atom. The largest absolute Gasteiger partial charge is 0.588 e. The number of phosphoric acid groups is 1. The molecule has 0 aromatic heterocycles. The first-order valence-corrected chi connectivity index (χ1v) is 46.3. The van der Waals surface area contributed by atoms with Gasteiger partial charge in [-0.15, -0.1) is 0 Å². The number of rotatable bonds is 50. The number of esters is 1. The number of carbonyl (C=O) groups is 2. The molecule has 0 bridgehead atoms. The second-order valence-electron chi connectivity index (χ2n) is 28.7. The van der Waals surface area contributed by atoms with Crippen LogP contribution in [0, 0.1) is 0 Å². The highest BCUT2D eigenvalue weighted by Gasteiger charge is 2.55. The third kappa shape index (κ3) is 34.3. The zero-order valence-electron chi connectivity index (χ0n) is 58.1. The molecule has 512 valence electrons. The molecule has 1 saturated heterocycles. The summed E-state index contributed by atoms with van der Waals surface area (Å²) < 4.78 is 88.1. The van der Waals surface area contributed by atoms with E-state index in [1.807, 2.05) is 42.5 Å². The fourth-order valence-electron chi connectivity index (χ4n) is 10.1. The summed E-state index contributed by atoms with van der Waals surface area (Å²) in [5.41, 5.74) is 0.844. The second-order valence-corrected chi connectivity index (χ2v) is 46.2. The molecule has 1 fully saturated rings. The van der Waals surface area contributed by atoms with Crippen LogP contribution in [0.25, 0.3) is 0 Å². The first kappa shape index (κ1) is 79.2. The molecule has 1 heterocycles. The number of amides is 1. The van der Waals surface area contributed by atoms with E-state index in [1.54, 1.807) is 48.5 Å². The average molecular weight is 1330 g/mol. The fraction of sp³-hybridized carbons (Fsp3) is 0.718. The maximum Gasteiger partial charge on any atom is 0.588 e. The van der Waals surface area contributed by atoms with Gasteiger partial charge in [0.1, 0.15) is 43.3 Å². The lowest BCUT2D eigenvalue weighted by atomic mass is 9.95. The minimum atomic E-state index is -4.80. The van der Waals surface area contributed by atoms with Gasteiger partial charge < -0.3 is 51.9 Å². The lowest BCUT2D eigenvalue weighted by Gasteiger charge is -2.47. The van der Waals surface area contributed by atoms with Crippen molar-refractivity contribution in [3.63, 3.8) is 0 Å². The smallest absolute Gasteiger partial charge is 0.457 e. The van der Waals surface area contributed by atoms with E-state index in [0.717, 1.165) is 62.6 Å². The maximum absolute atomic E-state index is 15.9. The van der Waals surface area contributed by atoms with Crippen LogP contribution in [0.3, 0.4) is 0 Å². The molecule has 3 aromatic rings. The summed E-state index contributed by atoms with van der Waals surface area (Å²) in [5, 5.41) is 3.01. The van der Waals surface area contributed by atoms with Gasteiger partial charge in [0, 0.05) is 29.4 Å². The lowest BCUT2D eigenvalue weighted by Crippen LogP contribution is -2.67. The third-order valence-corrected chi connectivity index (χ3v) is 26.2. The number of hydrogen-bond acceptors (Lipinski definition) is 14. The van der Waals surface area contributed by atoms with Crippen molar-refractivity contribution in [1.82, 2.24) is 5.32 Å². The quantitative estimate of drug-likeness (QED) is 0.0187. The van der Waals surface area contributed by atoms with Gasteiger partial charge in [0.2, 0.25) is 5.91 Å². The minimum absolute atomic E-state index is 0.0201. The number of benzene rings is 3. The summed E-state index contributed by atoms with van der Waals surface area (Å²) in [6.07, 6.45) is 15.3. The molecule has 1 aliphatic rings. The molecule has 1 amide bonds. The van der Waals surface area contributed by atoms with Crippen molar-refractivity contribution >= 4 is 44.2 Å². The van der Waals surface area contributed by atoms with Gasteiger partial charge in [-0.25, -0.2) is 4.57 Å².